The van der Waals surface area contributed by atoms with Crippen LogP contribution in [-0.4, -0.2) is 5.60 Å². The summed E-state index contributed by atoms with van der Waals surface area (Å²) in [5, 5.41) is 0. The van der Waals surface area contributed by atoms with Crippen molar-refractivity contribution in [2.75, 3.05) is 0 Å². The Bertz CT molecular complexity index is 506. The Morgan fingerprint density at radius 2 is 1.64 bits per heavy atom. The van der Waals surface area contributed by atoms with Gasteiger partial charge in [-0.25, -0.2) is 0 Å². The molecule has 0 unspecified atom stereocenters. The summed E-state index contributed by atoms with van der Waals surface area (Å²) >= 11 is 0. The van der Waals surface area contributed by atoms with Gasteiger partial charge in [0, 0.05) is 0 Å². The van der Waals surface area contributed by atoms with E-state index in [4.69, 9.17) is 4.74 Å². The zero-order valence-electron chi connectivity index (χ0n) is 15.3. The average Bonchev–Trinajstić information content (AvgIpc) is 3.23. The number of aryl methyl sites for hydroxylation is 1. The summed E-state index contributed by atoms with van der Waals surface area (Å²) in [4.78, 5) is 0. The molecule has 1 aliphatic carbocycles. The van der Waals surface area contributed by atoms with Crippen LogP contribution in [0, 0.1) is 0 Å². The number of ether oxygens (including phenoxy) is 1. The topological polar surface area (TPSA) is 9.23 Å². The quantitative estimate of drug-likeness (QED) is 0.573. The number of hydrogen-bond donors (Lipinski definition) is 0. The molecule has 1 aromatic rings. The van der Waals surface area contributed by atoms with Crippen molar-refractivity contribution in [3.63, 3.8) is 0 Å². The lowest BCUT2D eigenvalue weighted by Crippen LogP contribution is -2.17. The minimum absolute atomic E-state index is 0.0142. The Labute approximate surface area is 137 Å². The molecule has 1 fully saturated rings. The van der Waals surface area contributed by atoms with Gasteiger partial charge in [-0.1, -0.05) is 49.8 Å². The third kappa shape index (κ3) is 7.49. The van der Waals surface area contributed by atoms with E-state index < -0.39 is 0 Å². The van der Waals surface area contributed by atoms with E-state index in [1.54, 1.807) is 0 Å². The van der Waals surface area contributed by atoms with Crippen molar-refractivity contribution in [3.8, 4) is 0 Å². The molecule has 0 saturated heterocycles. The Morgan fingerprint density at radius 3 is 2.00 bits per heavy atom. The lowest BCUT2D eigenvalue weighted by molar-refractivity contribution is 0.0525. The third-order valence-electron chi connectivity index (χ3n) is 3.44. The molecule has 2 rings (SSSR count). The molecule has 0 N–H and O–H groups in total. The highest BCUT2D eigenvalue weighted by atomic mass is 16.5. The summed E-state index contributed by atoms with van der Waals surface area (Å²) < 4.78 is 5.64. The second-order valence-electron chi connectivity index (χ2n) is 7.10. The first kappa shape index (κ1) is 18.5. The fourth-order valence-corrected chi connectivity index (χ4v) is 2.19. The molecule has 0 bridgehead atoms. The molecule has 0 aliphatic heterocycles. The first-order valence-electron chi connectivity index (χ1n) is 8.35. The van der Waals surface area contributed by atoms with Crippen molar-refractivity contribution in [2.45, 2.75) is 72.8 Å². The van der Waals surface area contributed by atoms with Crippen molar-refractivity contribution in [1.29, 1.82) is 0 Å². The van der Waals surface area contributed by atoms with Gasteiger partial charge in [0.2, 0.25) is 0 Å². The molecule has 1 heteroatoms. The Hall–Kier alpha value is -1.50. The van der Waals surface area contributed by atoms with Crippen molar-refractivity contribution >= 4 is 5.57 Å². The normalized spacial score (nSPS) is 13.1. The first-order valence-corrected chi connectivity index (χ1v) is 8.35. The van der Waals surface area contributed by atoms with E-state index in [1.807, 2.05) is 6.92 Å². The monoisotopic (exact) mass is 300 g/mol. The van der Waals surface area contributed by atoms with Crippen LogP contribution >= 0.6 is 0 Å². The van der Waals surface area contributed by atoms with Crippen LogP contribution in [0.1, 0.15) is 71.9 Å². The van der Waals surface area contributed by atoms with Gasteiger partial charge in [0.15, 0.2) is 0 Å². The van der Waals surface area contributed by atoms with Crippen LogP contribution in [0.3, 0.4) is 0 Å². The van der Waals surface area contributed by atoms with Gasteiger partial charge >= 0.3 is 0 Å². The molecule has 122 valence electrons. The van der Waals surface area contributed by atoms with Crippen LogP contribution in [0.25, 0.3) is 5.57 Å². The third-order valence-corrected chi connectivity index (χ3v) is 3.44. The fraction of sp³-hybridized carbons (Fsp3) is 0.524. The van der Waals surface area contributed by atoms with E-state index in [9.17, 15) is 0 Å². The first-order chi connectivity index (χ1) is 10.2. The Balaban J connectivity index is 0.000000224. The number of allylic oxidation sites excluding steroid dienone is 3. The highest BCUT2D eigenvalue weighted by Crippen LogP contribution is 2.33. The fourth-order valence-electron chi connectivity index (χ4n) is 2.19. The molecule has 1 saturated carbocycles. The number of rotatable bonds is 4. The molecular weight excluding hydrogens is 268 g/mol. The van der Waals surface area contributed by atoms with E-state index in [1.165, 1.54) is 42.4 Å². The molecule has 1 aliphatic rings. The summed E-state index contributed by atoms with van der Waals surface area (Å²) in [5.74, 6) is 1.15. The van der Waals surface area contributed by atoms with Gasteiger partial charge in [0.1, 0.15) is 5.60 Å². The molecular formula is C21H32O. The maximum Gasteiger partial charge on any atom is 0.100 e. The summed E-state index contributed by atoms with van der Waals surface area (Å²) in [7, 11) is 0. The molecule has 0 radical (unpaired) electrons. The number of benzene rings is 1. The van der Waals surface area contributed by atoms with Gasteiger partial charge in [-0.15, -0.1) is 0 Å². The van der Waals surface area contributed by atoms with Gasteiger partial charge in [-0.05, 0) is 70.6 Å². The maximum atomic E-state index is 5.64. The lowest BCUT2D eigenvalue weighted by Gasteiger charge is -2.21. The predicted molar refractivity (Wildman–Crippen MR) is 97.9 cm³/mol. The number of hydrogen-bond acceptors (Lipinski definition) is 1. The summed E-state index contributed by atoms with van der Waals surface area (Å²) in [6, 6.07) is 8.67. The van der Waals surface area contributed by atoms with Crippen LogP contribution in [0.5, 0.6) is 0 Å². The molecule has 0 amide bonds. The van der Waals surface area contributed by atoms with Gasteiger partial charge < -0.3 is 4.74 Å². The minimum atomic E-state index is -0.0142. The van der Waals surface area contributed by atoms with E-state index in [-0.39, 0.29) is 5.60 Å². The molecule has 0 heterocycles. The molecule has 22 heavy (non-hydrogen) atoms. The predicted octanol–water partition coefficient (Wildman–Crippen LogP) is 6.54. The zero-order chi connectivity index (χ0) is 16.8. The lowest BCUT2D eigenvalue weighted by atomic mass is 10.0. The van der Waals surface area contributed by atoms with Gasteiger partial charge in [-0.3, -0.25) is 0 Å². The highest BCUT2D eigenvalue weighted by molar-refractivity contribution is 5.61. The highest BCUT2D eigenvalue weighted by Gasteiger charge is 2.19. The van der Waals surface area contributed by atoms with Crippen molar-refractivity contribution in [2.24, 2.45) is 0 Å². The zero-order valence-corrected chi connectivity index (χ0v) is 15.3. The van der Waals surface area contributed by atoms with Gasteiger partial charge in [-0.2, -0.15) is 0 Å². The van der Waals surface area contributed by atoms with Gasteiger partial charge in [0.25, 0.3) is 0 Å². The molecule has 1 nitrogen and oxygen atoms in total. The van der Waals surface area contributed by atoms with E-state index >= 15 is 0 Å². The molecule has 0 aromatic heterocycles. The average molecular weight is 300 g/mol. The summed E-state index contributed by atoms with van der Waals surface area (Å²) in [6.45, 7) is 16.5. The van der Waals surface area contributed by atoms with E-state index in [0.717, 1.165) is 11.3 Å². The van der Waals surface area contributed by atoms with Crippen LogP contribution in [0.15, 0.2) is 42.2 Å². The second-order valence-corrected chi connectivity index (χ2v) is 7.10. The standard InChI is InChI=1S/C12H16.C9H16O/c1-4-5-11-6-8-12(9-7-11)10(2)3;1-7(8-5-6-8)10-9(2,3)4/h6-9H,2,4-5H2,1,3H3;5-6H2,1-4H3. The van der Waals surface area contributed by atoms with Crippen molar-refractivity contribution in [1.82, 2.24) is 0 Å². The minimum Gasteiger partial charge on any atom is -0.493 e. The van der Waals surface area contributed by atoms with Crippen LogP contribution < -0.4 is 0 Å². The van der Waals surface area contributed by atoms with Gasteiger partial charge in [0.05, 0.1) is 5.76 Å². The molecule has 1 aromatic carbocycles. The smallest absolute Gasteiger partial charge is 0.100 e. The van der Waals surface area contributed by atoms with Crippen LogP contribution in [-0.2, 0) is 11.2 Å². The summed E-state index contributed by atoms with van der Waals surface area (Å²) in [6.07, 6.45) is 4.90. The Morgan fingerprint density at radius 1 is 1.09 bits per heavy atom. The molecule has 0 spiro atoms. The SMILES string of the molecule is C=C(C)c1ccc(CCC)cc1.CC(OC(C)(C)C)=C1CC1. The summed E-state index contributed by atoms with van der Waals surface area (Å²) in [5.41, 5.74) is 5.28. The Kier molecular flexibility index (Phi) is 6.93. The van der Waals surface area contributed by atoms with Crippen molar-refractivity contribution in [3.05, 3.63) is 53.3 Å². The largest absolute Gasteiger partial charge is 0.493 e. The van der Waals surface area contributed by atoms with E-state index in [2.05, 4.69) is 65.5 Å². The van der Waals surface area contributed by atoms with E-state index in [0.29, 0.717) is 0 Å². The maximum absolute atomic E-state index is 5.64. The van der Waals surface area contributed by atoms with Crippen LogP contribution in [0.2, 0.25) is 0 Å². The van der Waals surface area contributed by atoms with Crippen molar-refractivity contribution < 1.29 is 4.74 Å². The van der Waals surface area contributed by atoms with Crippen LogP contribution in [0.4, 0.5) is 0 Å². The second kappa shape index (κ2) is 8.22. The molecule has 0 atom stereocenters.